The first-order valence-corrected chi connectivity index (χ1v) is 7.28. The largest absolute Gasteiger partial charge is 0.573 e. The fourth-order valence-electron chi connectivity index (χ4n) is 1.55. The van der Waals surface area contributed by atoms with Gasteiger partial charge in [-0.2, -0.15) is 0 Å². The summed E-state index contributed by atoms with van der Waals surface area (Å²) in [7, 11) is -3.96. The van der Waals surface area contributed by atoms with Crippen molar-refractivity contribution in [2.75, 3.05) is 4.72 Å². The first kappa shape index (κ1) is 16.1. The molecule has 0 radical (unpaired) electrons. The summed E-state index contributed by atoms with van der Waals surface area (Å²) in [5, 5.41) is 0. The molecule has 22 heavy (non-hydrogen) atoms. The highest BCUT2D eigenvalue weighted by molar-refractivity contribution is 7.92. The molecule has 0 aliphatic rings. The Kier molecular flexibility index (Phi) is 4.27. The van der Waals surface area contributed by atoms with Crippen molar-refractivity contribution in [1.82, 2.24) is 0 Å². The summed E-state index contributed by atoms with van der Waals surface area (Å²) in [4.78, 5) is -0.176. The second-order valence-electron chi connectivity index (χ2n) is 4.13. The number of nitrogens with one attached hydrogen (secondary N) is 1. The van der Waals surface area contributed by atoms with E-state index in [1.165, 1.54) is 0 Å². The van der Waals surface area contributed by atoms with Crippen LogP contribution in [0, 0.1) is 5.82 Å². The second-order valence-corrected chi connectivity index (χ2v) is 5.81. The molecule has 118 valence electrons. The monoisotopic (exact) mass is 335 g/mol. The summed E-state index contributed by atoms with van der Waals surface area (Å²) in [6.07, 6.45) is -4.82. The molecule has 4 nitrogen and oxygen atoms in total. The van der Waals surface area contributed by atoms with E-state index in [1.54, 1.807) is 0 Å². The molecule has 0 spiro atoms. The van der Waals surface area contributed by atoms with Gasteiger partial charge in [0.1, 0.15) is 11.6 Å². The second kappa shape index (κ2) is 5.84. The molecule has 0 saturated heterocycles. The Bertz CT molecular complexity index is 740. The molecule has 2 aromatic rings. The first-order valence-electron chi connectivity index (χ1n) is 5.80. The minimum Gasteiger partial charge on any atom is -0.406 e. The number of sulfonamides is 1. The highest BCUT2D eigenvalue weighted by Crippen LogP contribution is 2.25. The molecule has 1 N–H and O–H groups in total. The highest BCUT2D eigenvalue weighted by Gasteiger charge is 2.31. The molecule has 0 bridgehead atoms. The van der Waals surface area contributed by atoms with Crippen LogP contribution in [0.25, 0.3) is 0 Å². The van der Waals surface area contributed by atoms with Gasteiger partial charge in [0.15, 0.2) is 0 Å². The number of ether oxygens (including phenoxy) is 1. The zero-order chi connectivity index (χ0) is 16.4. The number of halogens is 4. The smallest absolute Gasteiger partial charge is 0.406 e. The minimum atomic E-state index is -4.82. The average molecular weight is 335 g/mol. The van der Waals surface area contributed by atoms with Gasteiger partial charge in [0.05, 0.1) is 4.90 Å². The lowest BCUT2D eigenvalue weighted by molar-refractivity contribution is -0.274. The van der Waals surface area contributed by atoms with Gasteiger partial charge in [0.2, 0.25) is 0 Å². The molecule has 2 aromatic carbocycles. The fourth-order valence-corrected chi connectivity index (χ4v) is 2.61. The van der Waals surface area contributed by atoms with Gasteiger partial charge in [0, 0.05) is 5.69 Å². The number of benzene rings is 2. The highest BCUT2D eigenvalue weighted by atomic mass is 32.2. The van der Waals surface area contributed by atoms with E-state index in [0.717, 1.165) is 48.5 Å². The van der Waals surface area contributed by atoms with Crippen LogP contribution in [0.5, 0.6) is 5.75 Å². The van der Waals surface area contributed by atoms with Crippen molar-refractivity contribution >= 4 is 15.7 Å². The van der Waals surface area contributed by atoms with E-state index in [0.29, 0.717) is 0 Å². The first-order chi connectivity index (χ1) is 10.2. The summed E-state index contributed by atoms with van der Waals surface area (Å²) in [6.45, 7) is 0. The van der Waals surface area contributed by atoms with Crippen molar-refractivity contribution in [1.29, 1.82) is 0 Å². The normalized spacial score (nSPS) is 12.0. The van der Waals surface area contributed by atoms with Gasteiger partial charge in [-0.05, 0) is 48.5 Å². The third-order valence-corrected chi connectivity index (χ3v) is 3.86. The molecular formula is C13H9F4NO3S. The van der Waals surface area contributed by atoms with Crippen LogP contribution in [-0.4, -0.2) is 14.8 Å². The Labute approximate surface area is 123 Å². The van der Waals surface area contributed by atoms with Crippen LogP contribution < -0.4 is 9.46 Å². The maximum atomic E-state index is 12.8. The summed E-state index contributed by atoms with van der Waals surface area (Å²) in [6, 6.07) is 8.26. The molecule has 0 heterocycles. The predicted octanol–water partition coefficient (Wildman–Crippen LogP) is 3.53. The Morgan fingerprint density at radius 3 is 1.95 bits per heavy atom. The lowest BCUT2D eigenvalue weighted by atomic mass is 10.3. The van der Waals surface area contributed by atoms with Gasteiger partial charge in [-0.25, -0.2) is 12.8 Å². The maximum Gasteiger partial charge on any atom is 0.573 e. The topological polar surface area (TPSA) is 55.4 Å². The van der Waals surface area contributed by atoms with Gasteiger partial charge < -0.3 is 4.74 Å². The van der Waals surface area contributed by atoms with Crippen LogP contribution >= 0.6 is 0 Å². The van der Waals surface area contributed by atoms with Crippen LogP contribution in [0.3, 0.4) is 0 Å². The van der Waals surface area contributed by atoms with E-state index < -0.39 is 28.0 Å². The molecule has 2 rings (SSSR count). The van der Waals surface area contributed by atoms with Gasteiger partial charge >= 0.3 is 6.36 Å². The lowest BCUT2D eigenvalue weighted by Crippen LogP contribution is -2.17. The number of alkyl halides is 3. The van der Waals surface area contributed by atoms with Crippen LogP contribution in [0.4, 0.5) is 23.2 Å². The van der Waals surface area contributed by atoms with Crippen molar-refractivity contribution in [2.24, 2.45) is 0 Å². The van der Waals surface area contributed by atoms with Crippen LogP contribution in [-0.2, 0) is 10.0 Å². The zero-order valence-corrected chi connectivity index (χ0v) is 11.6. The standard InChI is InChI=1S/C13H9F4NO3S/c14-9-1-7-12(8-2-9)22(19,20)18-10-3-5-11(6-4-10)21-13(15,16)17/h1-8,18H. The van der Waals surface area contributed by atoms with Crippen molar-refractivity contribution < 1.29 is 30.7 Å². The van der Waals surface area contributed by atoms with Crippen LogP contribution in [0.15, 0.2) is 53.4 Å². The summed E-state index contributed by atoms with van der Waals surface area (Å²) >= 11 is 0. The van der Waals surface area contributed by atoms with Crippen LogP contribution in [0.2, 0.25) is 0 Å². The molecular weight excluding hydrogens is 326 g/mol. The quantitative estimate of drug-likeness (QED) is 0.870. The molecule has 0 unspecified atom stereocenters. The molecule has 0 amide bonds. The molecule has 9 heteroatoms. The molecule has 0 saturated carbocycles. The molecule has 0 aliphatic carbocycles. The van der Waals surface area contributed by atoms with Gasteiger partial charge in [-0.1, -0.05) is 0 Å². The molecule has 0 aromatic heterocycles. The van der Waals surface area contributed by atoms with E-state index in [1.807, 2.05) is 0 Å². The SMILES string of the molecule is O=S(=O)(Nc1ccc(OC(F)(F)F)cc1)c1ccc(F)cc1. The number of hydrogen-bond donors (Lipinski definition) is 1. The molecule has 0 aliphatic heterocycles. The summed E-state index contributed by atoms with van der Waals surface area (Å²) in [5.74, 6) is -1.06. The third-order valence-electron chi connectivity index (χ3n) is 2.46. The van der Waals surface area contributed by atoms with Gasteiger partial charge in [-0.3, -0.25) is 4.72 Å². The molecule has 0 atom stereocenters. The van der Waals surface area contributed by atoms with E-state index in [2.05, 4.69) is 9.46 Å². The summed E-state index contributed by atoms with van der Waals surface area (Å²) < 4.78 is 78.6. The van der Waals surface area contributed by atoms with Crippen molar-refractivity contribution in [2.45, 2.75) is 11.3 Å². The Morgan fingerprint density at radius 1 is 0.909 bits per heavy atom. The van der Waals surface area contributed by atoms with Crippen molar-refractivity contribution in [3.63, 3.8) is 0 Å². The number of hydrogen-bond acceptors (Lipinski definition) is 3. The third kappa shape index (κ3) is 4.35. The van der Waals surface area contributed by atoms with E-state index in [4.69, 9.17) is 0 Å². The molecule has 0 fully saturated rings. The van der Waals surface area contributed by atoms with Gasteiger partial charge in [0.25, 0.3) is 10.0 Å². The van der Waals surface area contributed by atoms with E-state index in [-0.39, 0.29) is 10.6 Å². The number of anilines is 1. The summed E-state index contributed by atoms with van der Waals surface area (Å²) in [5.41, 5.74) is 0.0406. The van der Waals surface area contributed by atoms with Crippen LogP contribution in [0.1, 0.15) is 0 Å². The Hall–Kier alpha value is -2.29. The Morgan fingerprint density at radius 2 is 1.45 bits per heavy atom. The Balaban J connectivity index is 2.14. The predicted molar refractivity (Wildman–Crippen MR) is 70.3 cm³/mol. The van der Waals surface area contributed by atoms with Crippen molar-refractivity contribution in [3.05, 3.63) is 54.3 Å². The van der Waals surface area contributed by atoms with Gasteiger partial charge in [-0.15, -0.1) is 13.2 Å². The van der Waals surface area contributed by atoms with E-state index >= 15 is 0 Å². The lowest BCUT2D eigenvalue weighted by Gasteiger charge is -2.11. The zero-order valence-electron chi connectivity index (χ0n) is 10.8. The van der Waals surface area contributed by atoms with Crippen molar-refractivity contribution in [3.8, 4) is 5.75 Å². The average Bonchev–Trinajstić information content (AvgIpc) is 2.39. The fraction of sp³-hybridized carbons (Fsp3) is 0.0769. The number of rotatable bonds is 4. The maximum absolute atomic E-state index is 12.8. The van der Waals surface area contributed by atoms with E-state index in [9.17, 15) is 26.0 Å². The minimum absolute atomic E-state index is 0.0406.